The van der Waals surface area contributed by atoms with E-state index in [1.807, 2.05) is 30.3 Å². The summed E-state index contributed by atoms with van der Waals surface area (Å²) in [4.78, 5) is 29.3. The fourth-order valence-corrected chi connectivity index (χ4v) is 6.55. The molecule has 4 aromatic carbocycles. The largest absolute Gasteiger partial charge is 0.493 e. The lowest BCUT2D eigenvalue weighted by atomic mass is 10.0. The standard InChI is InChI=1S/C34H36ClN3O6S/c1-4-36-34(40)30(21-25-12-7-5-8-13-25)37(23-26-14-11-15-27(35)20-26)33(39)24-38(28-16-9-6-10-17-28)45(41,42)29-18-19-31(43-2)32(22-29)44-3/h5-20,22,30H,4,21,23-24H2,1-3H3,(H,36,40). The van der Waals surface area contributed by atoms with E-state index in [9.17, 15) is 18.0 Å². The van der Waals surface area contributed by atoms with E-state index in [0.29, 0.717) is 22.9 Å². The van der Waals surface area contributed by atoms with Gasteiger partial charge in [-0.2, -0.15) is 0 Å². The van der Waals surface area contributed by atoms with Crippen LogP contribution in [0.15, 0.2) is 108 Å². The second-order valence-electron chi connectivity index (χ2n) is 10.1. The van der Waals surface area contributed by atoms with Gasteiger partial charge in [-0.05, 0) is 54.4 Å². The molecule has 1 unspecified atom stereocenters. The van der Waals surface area contributed by atoms with Gasteiger partial charge in [0, 0.05) is 30.6 Å². The number of rotatable bonds is 14. The summed E-state index contributed by atoms with van der Waals surface area (Å²) in [6.45, 7) is 1.60. The minimum absolute atomic E-state index is 0.0209. The van der Waals surface area contributed by atoms with Crippen LogP contribution in [0.2, 0.25) is 5.02 Å². The van der Waals surface area contributed by atoms with Crippen LogP contribution < -0.4 is 19.1 Å². The Morgan fingerprint density at radius 1 is 0.822 bits per heavy atom. The van der Waals surface area contributed by atoms with E-state index < -0.39 is 28.5 Å². The molecular formula is C34H36ClN3O6S. The van der Waals surface area contributed by atoms with Crippen LogP contribution >= 0.6 is 11.6 Å². The van der Waals surface area contributed by atoms with E-state index in [1.165, 1.54) is 37.3 Å². The minimum Gasteiger partial charge on any atom is -0.493 e. The Kier molecular flexibility index (Phi) is 11.5. The molecule has 0 spiro atoms. The van der Waals surface area contributed by atoms with Crippen LogP contribution in [0, 0.1) is 0 Å². The van der Waals surface area contributed by atoms with Crippen LogP contribution in [0.1, 0.15) is 18.1 Å². The highest BCUT2D eigenvalue weighted by molar-refractivity contribution is 7.92. The topological polar surface area (TPSA) is 105 Å². The molecule has 0 aliphatic carbocycles. The monoisotopic (exact) mass is 649 g/mol. The first-order valence-corrected chi connectivity index (χ1v) is 16.1. The molecule has 0 aromatic heterocycles. The zero-order valence-corrected chi connectivity index (χ0v) is 26.9. The summed E-state index contributed by atoms with van der Waals surface area (Å²) in [6, 6.07) is 28.0. The highest BCUT2D eigenvalue weighted by Gasteiger charge is 2.34. The van der Waals surface area contributed by atoms with Gasteiger partial charge >= 0.3 is 0 Å². The van der Waals surface area contributed by atoms with E-state index in [-0.39, 0.29) is 35.2 Å². The zero-order chi connectivity index (χ0) is 32.4. The van der Waals surface area contributed by atoms with Gasteiger partial charge in [-0.25, -0.2) is 8.42 Å². The minimum atomic E-state index is -4.31. The fraction of sp³-hybridized carbons (Fsp3) is 0.235. The van der Waals surface area contributed by atoms with E-state index in [0.717, 1.165) is 9.87 Å². The molecule has 0 aliphatic heterocycles. The predicted molar refractivity (Wildman–Crippen MR) is 175 cm³/mol. The third-order valence-corrected chi connectivity index (χ3v) is 9.14. The molecule has 0 heterocycles. The number of nitrogens with one attached hydrogen (secondary N) is 1. The lowest BCUT2D eigenvalue weighted by molar-refractivity contribution is -0.140. The molecule has 0 saturated carbocycles. The molecule has 236 valence electrons. The smallest absolute Gasteiger partial charge is 0.264 e. The number of carbonyl (C=O) groups excluding carboxylic acids is 2. The van der Waals surface area contributed by atoms with Crippen molar-refractivity contribution in [1.82, 2.24) is 10.2 Å². The number of hydrogen-bond acceptors (Lipinski definition) is 6. The number of likely N-dealkylation sites (N-methyl/N-ethyl adjacent to an activating group) is 1. The molecule has 2 amide bonds. The Balaban J connectivity index is 1.80. The number of amides is 2. The van der Waals surface area contributed by atoms with Crippen molar-refractivity contribution in [3.63, 3.8) is 0 Å². The molecule has 0 aliphatic rings. The van der Waals surface area contributed by atoms with Crippen LogP contribution in [0.4, 0.5) is 5.69 Å². The van der Waals surface area contributed by atoms with Gasteiger partial charge < -0.3 is 19.7 Å². The highest BCUT2D eigenvalue weighted by Crippen LogP contribution is 2.32. The number of hydrogen-bond donors (Lipinski definition) is 1. The molecule has 4 rings (SSSR count). The summed E-state index contributed by atoms with van der Waals surface area (Å²) >= 11 is 6.28. The van der Waals surface area contributed by atoms with E-state index >= 15 is 0 Å². The first-order chi connectivity index (χ1) is 21.7. The normalized spacial score (nSPS) is 11.7. The first kappa shape index (κ1) is 33.4. The van der Waals surface area contributed by atoms with Crippen molar-refractivity contribution in [2.24, 2.45) is 0 Å². The van der Waals surface area contributed by atoms with Crippen LogP contribution in [0.25, 0.3) is 0 Å². The number of sulfonamides is 1. The SMILES string of the molecule is CCNC(=O)C(Cc1ccccc1)N(Cc1cccc(Cl)c1)C(=O)CN(c1ccccc1)S(=O)(=O)c1ccc(OC)c(OC)c1. The number of methoxy groups -OCH3 is 2. The summed E-state index contributed by atoms with van der Waals surface area (Å²) in [6.07, 6.45) is 0.215. The van der Waals surface area contributed by atoms with Crippen molar-refractivity contribution in [3.8, 4) is 11.5 Å². The van der Waals surface area contributed by atoms with Gasteiger partial charge in [0.1, 0.15) is 12.6 Å². The molecule has 1 atom stereocenters. The first-order valence-electron chi connectivity index (χ1n) is 14.3. The van der Waals surface area contributed by atoms with E-state index in [2.05, 4.69) is 5.32 Å². The van der Waals surface area contributed by atoms with Crippen LogP contribution in [-0.4, -0.2) is 58.5 Å². The van der Waals surface area contributed by atoms with Crippen LogP contribution in [0.5, 0.6) is 11.5 Å². The van der Waals surface area contributed by atoms with Crippen molar-refractivity contribution in [2.45, 2.75) is 30.8 Å². The van der Waals surface area contributed by atoms with Gasteiger partial charge in [-0.1, -0.05) is 72.3 Å². The van der Waals surface area contributed by atoms with Crippen molar-refractivity contribution in [1.29, 1.82) is 0 Å². The maximum atomic E-state index is 14.4. The average molecular weight is 650 g/mol. The van der Waals surface area contributed by atoms with Gasteiger partial charge in [-0.3, -0.25) is 13.9 Å². The van der Waals surface area contributed by atoms with Crippen LogP contribution in [0.3, 0.4) is 0 Å². The second kappa shape index (κ2) is 15.5. The van der Waals surface area contributed by atoms with Crippen molar-refractivity contribution < 1.29 is 27.5 Å². The van der Waals surface area contributed by atoms with Gasteiger partial charge in [0.25, 0.3) is 10.0 Å². The van der Waals surface area contributed by atoms with Crippen molar-refractivity contribution in [3.05, 3.63) is 119 Å². The molecule has 9 nitrogen and oxygen atoms in total. The van der Waals surface area contributed by atoms with Gasteiger partial charge in [0.05, 0.1) is 24.8 Å². The Hall–Kier alpha value is -4.54. The van der Waals surface area contributed by atoms with Gasteiger partial charge in [0.2, 0.25) is 11.8 Å². The Labute approximate surface area is 269 Å². The molecule has 45 heavy (non-hydrogen) atoms. The zero-order valence-electron chi connectivity index (χ0n) is 25.4. The summed E-state index contributed by atoms with van der Waals surface area (Å²) in [5.41, 5.74) is 1.81. The summed E-state index contributed by atoms with van der Waals surface area (Å²) in [5, 5.41) is 3.32. The fourth-order valence-electron chi connectivity index (χ4n) is 4.91. The molecule has 1 N–H and O–H groups in total. The molecule has 0 saturated heterocycles. The number of halogens is 1. The summed E-state index contributed by atoms with van der Waals surface area (Å²) in [5.74, 6) is -0.349. The quantitative estimate of drug-likeness (QED) is 0.198. The number of carbonyl (C=O) groups is 2. The molecule has 4 aromatic rings. The maximum absolute atomic E-state index is 14.4. The van der Waals surface area contributed by atoms with Gasteiger partial charge in [0.15, 0.2) is 11.5 Å². The number of anilines is 1. The summed E-state index contributed by atoms with van der Waals surface area (Å²) < 4.78 is 40.1. The number of nitrogens with zero attached hydrogens (tertiary/aromatic N) is 2. The number of benzene rings is 4. The van der Waals surface area contributed by atoms with Crippen molar-refractivity contribution >= 4 is 39.1 Å². The Bertz CT molecular complexity index is 1700. The number of ether oxygens (including phenoxy) is 2. The molecular weight excluding hydrogens is 614 g/mol. The van der Waals surface area contributed by atoms with Crippen LogP contribution in [-0.2, 0) is 32.6 Å². The predicted octanol–water partition coefficient (Wildman–Crippen LogP) is 5.33. The second-order valence-corrected chi connectivity index (χ2v) is 12.4. The summed E-state index contributed by atoms with van der Waals surface area (Å²) in [7, 11) is -1.44. The average Bonchev–Trinajstić information content (AvgIpc) is 3.05. The van der Waals surface area contributed by atoms with E-state index in [1.54, 1.807) is 61.5 Å². The highest BCUT2D eigenvalue weighted by atomic mass is 35.5. The van der Waals surface area contributed by atoms with E-state index in [4.69, 9.17) is 21.1 Å². The lowest BCUT2D eigenvalue weighted by Gasteiger charge is -2.34. The molecule has 0 fully saturated rings. The Morgan fingerprint density at radius 3 is 2.09 bits per heavy atom. The molecule has 0 bridgehead atoms. The Morgan fingerprint density at radius 2 is 1.47 bits per heavy atom. The van der Waals surface area contributed by atoms with Crippen molar-refractivity contribution in [2.75, 3.05) is 31.6 Å². The third kappa shape index (κ3) is 8.34. The van der Waals surface area contributed by atoms with Gasteiger partial charge in [-0.15, -0.1) is 0 Å². The lowest BCUT2D eigenvalue weighted by Crippen LogP contribution is -2.53. The molecule has 0 radical (unpaired) electrons. The number of para-hydroxylation sites is 1. The third-order valence-electron chi connectivity index (χ3n) is 7.13. The maximum Gasteiger partial charge on any atom is 0.264 e. The molecule has 11 heteroatoms.